The molecule has 0 fully saturated rings. The summed E-state index contributed by atoms with van der Waals surface area (Å²) in [6.07, 6.45) is 5.46. The van der Waals surface area contributed by atoms with Gasteiger partial charge in [0.15, 0.2) is 0 Å². The van der Waals surface area contributed by atoms with Crippen LogP contribution in [0.5, 0.6) is 0 Å². The van der Waals surface area contributed by atoms with Crippen LogP contribution in [-0.2, 0) is 6.54 Å². The number of rotatable bonds is 6. The third-order valence-electron chi connectivity index (χ3n) is 4.91. The molecule has 0 saturated carbocycles. The van der Waals surface area contributed by atoms with Crippen LogP contribution in [0.3, 0.4) is 0 Å². The van der Waals surface area contributed by atoms with E-state index in [0.717, 1.165) is 28.2 Å². The average Bonchev–Trinajstić information content (AvgIpc) is 3.37. The lowest BCUT2D eigenvalue weighted by Crippen LogP contribution is -2.20. The van der Waals surface area contributed by atoms with E-state index in [1.165, 1.54) is 6.07 Å². The normalized spacial score (nSPS) is 12.2. The molecular formula is C22H22FN5. The minimum Gasteiger partial charge on any atom is -0.306 e. The molecule has 0 amide bonds. The first-order chi connectivity index (χ1) is 13.6. The van der Waals surface area contributed by atoms with Crippen molar-refractivity contribution in [2.24, 2.45) is 0 Å². The molecular weight excluding hydrogens is 353 g/mol. The summed E-state index contributed by atoms with van der Waals surface area (Å²) in [4.78, 5) is 0. The molecule has 0 bridgehead atoms. The summed E-state index contributed by atoms with van der Waals surface area (Å²) in [7, 11) is 0. The molecule has 0 saturated heterocycles. The van der Waals surface area contributed by atoms with E-state index in [2.05, 4.69) is 29.4 Å². The maximum atomic E-state index is 13.8. The number of nitrogens with one attached hydrogen (secondary N) is 1. The SMILES string of the molecule is Cc1c(C(C)NCc2cc(F)ccc2-n2cccn2)cnn1-c1ccccc1. The zero-order chi connectivity index (χ0) is 19.5. The highest BCUT2D eigenvalue weighted by molar-refractivity contribution is 5.41. The van der Waals surface area contributed by atoms with Crippen LogP contribution in [-0.4, -0.2) is 19.6 Å². The Balaban J connectivity index is 1.54. The maximum Gasteiger partial charge on any atom is 0.123 e. The number of hydrogen-bond donors (Lipinski definition) is 1. The minimum absolute atomic E-state index is 0.0613. The van der Waals surface area contributed by atoms with Crippen LogP contribution in [0.25, 0.3) is 11.4 Å². The number of hydrogen-bond acceptors (Lipinski definition) is 3. The van der Waals surface area contributed by atoms with Gasteiger partial charge in [0.1, 0.15) is 5.82 Å². The Kier molecular flexibility index (Phi) is 5.04. The zero-order valence-electron chi connectivity index (χ0n) is 15.9. The Hall–Kier alpha value is -3.25. The van der Waals surface area contributed by atoms with Gasteiger partial charge in [0.2, 0.25) is 0 Å². The van der Waals surface area contributed by atoms with E-state index >= 15 is 0 Å². The molecule has 5 nitrogen and oxygen atoms in total. The summed E-state index contributed by atoms with van der Waals surface area (Å²) in [5, 5.41) is 12.3. The summed E-state index contributed by atoms with van der Waals surface area (Å²) in [5.74, 6) is -0.256. The molecule has 142 valence electrons. The molecule has 2 aromatic heterocycles. The number of nitrogens with zero attached hydrogens (tertiary/aromatic N) is 4. The summed E-state index contributed by atoms with van der Waals surface area (Å²) in [6, 6.07) is 16.7. The summed E-state index contributed by atoms with van der Waals surface area (Å²) in [5.41, 5.74) is 4.94. The fraction of sp³-hybridized carbons (Fsp3) is 0.182. The van der Waals surface area contributed by atoms with Gasteiger partial charge in [0, 0.05) is 36.2 Å². The highest BCUT2D eigenvalue weighted by Gasteiger charge is 2.15. The average molecular weight is 375 g/mol. The van der Waals surface area contributed by atoms with Gasteiger partial charge in [-0.15, -0.1) is 0 Å². The lowest BCUT2D eigenvalue weighted by Gasteiger charge is -2.16. The quantitative estimate of drug-likeness (QED) is 0.545. The van der Waals surface area contributed by atoms with E-state index in [9.17, 15) is 4.39 Å². The van der Waals surface area contributed by atoms with Crippen molar-refractivity contribution in [1.29, 1.82) is 0 Å². The molecule has 0 aliphatic heterocycles. The van der Waals surface area contributed by atoms with Crippen LogP contribution in [0.1, 0.15) is 29.8 Å². The Morgan fingerprint density at radius 2 is 1.89 bits per heavy atom. The standard InChI is InChI=1S/C22H22FN5/c1-16(21-15-26-28(17(21)2)20-7-4-3-5-8-20)24-14-18-13-19(23)9-10-22(18)27-12-6-11-25-27/h3-13,15-16,24H,14H2,1-2H3. The second-order valence-corrected chi connectivity index (χ2v) is 6.76. The van der Waals surface area contributed by atoms with E-state index in [-0.39, 0.29) is 11.9 Å². The molecule has 4 rings (SSSR count). The van der Waals surface area contributed by atoms with Crippen molar-refractivity contribution in [2.45, 2.75) is 26.4 Å². The second-order valence-electron chi connectivity index (χ2n) is 6.76. The smallest absolute Gasteiger partial charge is 0.123 e. The molecule has 1 N–H and O–H groups in total. The Bertz CT molecular complexity index is 1050. The predicted octanol–water partition coefficient (Wildman–Crippen LogP) is 4.36. The largest absolute Gasteiger partial charge is 0.306 e. The van der Waals surface area contributed by atoms with E-state index in [0.29, 0.717) is 6.54 Å². The van der Waals surface area contributed by atoms with Gasteiger partial charge >= 0.3 is 0 Å². The predicted molar refractivity (Wildman–Crippen MR) is 107 cm³/mol. The van der Waals surface area contributed by atoms with E-state index in [1.807, 2.05) is 53.5 Å². The third kappa shape index (κ3) is 3.59. The molecule has 0 spiro atoms. The summed E-state index contributed by atoms with van der Waals surface area (Å²) >= 11 is 0. The first-order valence-electron chi connectivity index (χ1n) is 9.25. The molecule has 2 aromatic carbocycles. The van der Waals surface area contributed by atoms with Gasteiger partial charge in [-0.3, -0.25) is 0 Å². The topological polar surface area (TPSA) is 47.7 Å². The number of para-hydroxylation sites is 1. The van der Waals surface area contributed by atoms with Crippen molar-refractivity contribution in [2.75, 3.05) is 0 Å². The fourth-order valence-electron chi connectivity index (χ4n) is 3.38. The van der Waals surface area contributed by atoms with Gasteiger partial charge in [-0.1, -0.05) is 18.2 Å². The lowest BCUT2D eigenvalue weighted by atomic mass is 10.1. The molecule has 0 aliphatic rings. The van der Waals surface area contributed by atoms with Gasteiger partial charge in [-0.25, -0.2) is 13.8 Å². The van der Waals surface area contributed by atoms with Crippen LogP contribution in [0.2, 0.25) is 0 Å². The fourth-order valence-corrected chi connectivity index (χ4v) is 3.38. The van der Waals surface area contributed by atoms with Crippen molar-refractivity contribution in [3.8, 4) is 11.4 Å². The Labute approximate surface area is 163 Å². The molecule has 28 heavy (non-hydrogen) atoms. The Morgan fingerprint density at radius 1 is 1.07 bits per heavy atom. The minimum atomic E-state index is -0.256. The van der Waals surface area contributed by atoms with Crippen LogP contribution >= 0.6 is 0 Å². The maximum absolute atomic E-state index is 13.8. The van der Waals surface area contributed by atoms with Crippen LogP contribution in [0.15, 0.2) is 73.2 Å². The number of aromatic nitrogens is 4. The van der Waals surface area contributed by atoms with Crippen molar-refractivity contribution >= 4 is 0 Å². The number of halogens is 1. The van der Waals surface area contributed by atoms with Gasteiger partial charge in [0.25, 0.3) is 0 Å². The van der Waals surface area contributed by atoms with Crippen molar-refractivity contribution in [3.05, 3.63) is 95.8 Å². The monoisotopic (exact) mass is 375 g/mol. The molecule has 0 aliphatic carbocycles. The van der Waals surface area contributed by atoms with E-state index in [4.69, 9.17) is 0 Å². The second kappa shape index (κ2) is 7.78. The lowest BCUT2D eigenvalue weighted by molar-refractivity contribution is 0.564. The molecule has 0 radical (unpaired) electrons. The van der Waals surface area contributed by atoms with E-state index in [1.54, 1.807) is 23.0 Å². The van der Waals surface area contributed by atoms with Gasteiger partial charge < -0.3 is 5.32 Å². The molecule has 6 heteroatoms. The van der Waals surface area contributed by atoms with Crippen LogP contribution in [0.4, 0.5) is 4.39 Å². The highest BCUT2D eigenvalue weighted by atomic mass is 19.1. The molecule has 4 aromatic rings. The summed E-state index contributed by atoms with van der Waals surface area (Å²) < 4.78 is 17.5. The van der Waals surface area contributed by atoms with Gasteiger partial charge in [0.05, 0.1) is 17.6 Å². The highest BCUT2D eigenvalue weighted by Crippen LogP contribution is 2.22. The first-order valence-corrected chi connectivity index (χ1v) is 9.25. The Morgan fingerprint density at radius 3 is 2.64 bits per heavy atom. The van der Waals surface area contributed by atoms with Gasteiger partial charge in [-0.05, 0) is 55.8 Å². The third-order valence-corrected chi connectivity index (χ3v) is 4.91. The van der Waals surface area contributed by atoms with Crippen molar-refractivity contribution in [1.82, 2.24) is 24.9 Å². The van der Waals surface area contributed by atoms with Gasteiger partial charge in [-0.2, -0.15) is 10.2 Å². The molecule has 1 unspecified atom stereocenters. The van der Waals surface area contributed by atoms with E-state index < -0.39 is 0 Å². The van der Waals surface area contributed by atoms with Crippen molar-refractivity contribution in [3.63, 3.8) is 0 Å². The first kappa shape index (κ1) is 18.1. The van der Waals surface area contributed by atoms with Crippen molar-refractivity contribution < 1.29 is 4.39 Å². The van der Waals surface area contributed by atoms with Crippen LogP contribution in [0, 0.1) is 12.7 Å². The molecule has 1 atom stereocenters. The number of benzene rings is 2. The summed E-state index contributed by atoms with van der Waals surface area (Å²) in [6.45, 7) is 4.67. The molecule has 2 heterocycles. The zero-order valence-corrected chi connectivity index (χ0v) is 15.9. The van der Waals surface area contributed by atoms with Crippen LogP contribution < -0.4 is 5.32 Å².